The summed E-state index contributed by atoms with van der Waals surface area (Å²) < 4.78 is 10.2. The van der Waals surface area contributed by atoms with E-state index in [1.807, 2.05) is 32.0 Å². The molecule has 2 aromatic rings. The van der Waals surface area contributed by atoms with Gasteiger partial charge in [0.15, 0.2) is 6.61 Å². The monoisotopic (exact) mass is 327 g/mol. The molecule has 0 radical (unpaired) electrons. The second-order valence-electron chi connectivity index (χ2n) is 5.36. The lowest BCUT2D eigenvalue weighted by molar-refractivity contribution is -0.119. The summed E-state index contributed by atoms with van der Waals surface area (Å²) in [5.74, 6) is -0.341. The zero-order chi connectivity index (χ0) is 17.5. The van der Waals surface area contributed by atoms with Gasteiger partial charge in [0.2, 0.25) is 0 Å². The molecule has 0 aliphatic carbocycles. The second kappa shape index (κ2) is 8.15. The summed E-state index contributed by atoms with van der Waals surface area (Å²) in [4.78, 5) is 23.9. The summed E-state index contributed by atoms with van der Waals surface area (Å²) in [5, 5.41) is 2.71. The van der Waals surface area contributed by atoms with E-state index in [2.05, 4.69) is 5.32 Å². The van der Waals surface area contributed by atoms with Gasteiger partial charge in [-0.2, -0.15) is 0 Å². The van der Waals surface area contributed by atoms with E-state index in [0.29, 0.717) is 17.0 Å². The van der Waals surface area contributed by atoms with E-state index >= 15 is 0 Å². The number of carbonyl (C=O) groups is 2. The van der Waals surface area contributed by atoms with E-state index in [0.717, 1.165) is 17.5 Å². The fraction of sp³-hybridized carbons (Fsp3) is 0.263. The first-order chi connectivity index (χ1) is 11.5. The Balaban J connectivity index is 1.92. The maximum atomic E-state index is 12.0. The number of anilines is 1. The average Bonchev–Trinajstić information content (AvgIpc) is 2.60. The molecule has 0 aromatic heterocycles. The zero-order valence-corrected chi connectivity index (χ0v) is 14.1. The third-order valence-corrected chi connectivity index (χ3v) is 3.60. The van der Waals surface area contributed by atoms with Crippen LogP contribution in [0.3, 0.4) is 0 Å². The van der Waals surface area contributed by atoms with E-state index in [9.17, 15) is 9.59 Å². The number of carbonyl (C=O) groups excluding carboxylic acids is 2. The third-order valence-electron chi connectivity index (χ3n) is 3.60. The molecule has 0 heterocycles. The van der Waals surface area contributed by atoms with Crippen molar-refractivity contribution >= 4 is 17.6 Å². The number of hydrogen-bond acceptors (Lipinski definition) is 4. The van der Waals surface area contributed by atoms with E-state index < -0.39 is 5.97 Å². The lowest BCUT2D eigenvalue weighted by Crippen LogP contribution is -2.21. The zero-order valence-electron chi connectivity index (χ0n) is 14.1. The van der Waals surface area contributed by atoms with Gasteiger partial charge in [-0.3, -0.25) is 4.79 Å². The Kier molecular flexibility index (Phi) is 5.95. The molecule has 0 saturated carbocycles. The van der Waals surface area contributed by atoms with Crippen LogP contribution in [0.2, 0.25) is 0 Å². The topological polar surface area (TPSA) is 64.6 Å². The van der Waals surface area contributed by atoms with Gasteiger partial charge in [0.05, 0.1) is 12.7 Å². The first-order valence-corrected chi connectivity index (χ1v) is 7.74. The number of methoxy groups -OCH3 is 1. The Bertz CT molecular complexity index is 740. The van der Waals surface area contributed by atoms with Crippen molar-refractivity contribution in [3.63, 3.8) is 0 Å². The smallest absolute Gasteiger partial charge is 0.338 e. The van der Waals surface area contributed by atoms with Gasteiger partial charge in [-0.1, -0.05) is 25.1 Å². The molecule has 1 amide bonds. The summed E-state index contributed by atoms with van der Waals surface area (Å²) in [6.45, 7) is 3.58. The first-order valence-electron chi connectivity index (χ1n) is 7.74. The Hall–Kier alpha value is -2.82. The van der Waals surface area contributed by atoms with E-state index in [-0.39, 0.29) is 12.5 Å². The number of aryl methyl sites for hydroxylation is 2. The van der Waals surface area contributed by atoms with Crippen LogP contribution in [0.1, 0.15) is 28.4 Å². The van der Waals surface area contributed by atoms with Crippen molar-refractivity contribution in [1.29, 1.82) is 0 Å². The van der Waals surface area contributed by atoms with E-state index in [1.54, 1.807) is 24.3 Å². The SMILES string of the molecule is CCc1cccc(NC(=O)COC(=O)c2ccc(C)c(OC)c2)c1. The molecule has 24 heavy (non-hydrogen) atoms. The number of amides is 1. The van der Waals surface area contributed by atoms with Crippen molar-refractivity contribution in [2.24, 2.45) is 0 Å². The van der Waals surface area contributed by atoms with Crippen LogP contribution in [0.4, 0.5) is 5.69 Å². The Labute approximate surface area is 141 Å². The fourth-order valence-corrected chi connectivity index (χ4v) is 2.23. The van der Waals surface area contributed by atoms with Crippen molar-refractivity contribution in [3.8, 4) is 5.75 Å². The van der Waals surface area contributed by atoms with Crippen LogP contribution in [0.15, 0.2) is 42.5 Å². The summed E-state index contributed by atoms with van der Waals surface area (Å²) in [5.41, 5.74) is 3.07. The highest BCUT2D eigenvalue weighted by Gasteiger charge is 2.12. The number of hydrogen-bond donors (Lipinski definition) is 1. The van der Waals surface area contributed by atoms with Crippen LogP contribution >= 0.6 is 0 Å². The van der Waals surface area contributed by atoms with E-state index in [1.165, 1.54) is 7.11 Å². The van der Waals surface area contributed by atoms with Gasteiger partial charge >= 0.3 is 5.97 Å². The second-order valence-corrected chi connectivity index (χ2v) is 5.36. The normalized spacial score (nSPS) is 10.1. The molecule has 0 unspecified atom stereocenters. The summed E-state index contributed by atoms with van der Waals surface area (Å²) in [6, 6.07) is 12.6. The van der Waals surface area contributed by atoms with Crippen molar-refractivity contribution in [3.05, 3.63) is 59.2 Å². The highest BCUT2D eigenvalue weighted by Crippen LogP contribution is 2.19. The summed E-state index contributed by atoms with van der Waals surface area (Å²) in [6.07, 6.45) is 0.883. The number of nitrogens with one attached hydrogen (secondary N) is 1. The predicted octanol–water partition coefficient (Wildman–Crippen LogP) is 3.36. The maximum Gasteiger partial charge on any atom is 0.338 e. The van der Waals surface area contributed by atoms with Crippen LogP contribution in [0, 0.1) is 6.92 Å². The quantitative estimate of drug-likeness (QED) is 0.826. The van der Waals surface area contributed by atoms with Crippen LogP contribution < -0.4 is 10.1 Å². The first kappa shape index (κ1) is 17.5. The molecule has 5 nitrogen and oxygen atoms in total. The molecule has 2 rings (SSSR count). The highest BCUT2D eigenvalue weighted by atomic mass is 16.5. The highest BCUT2D eigenvalue weighted by molar-refractivity contribution is 5.95. The molecule has 1 N–H and O–H groups in total. The van der Waals surface area contributed by atoms with Crippen LogP contribution in [-0.4, -0.2) is 25.6 Å². The number of rotatable bonds is 6. The molecular formula is C19H21NO4. The lowest BCUT2D eigenvalue weighted by Gasteiger charge is -2.09. The van der Waals surface area contributed by atoms with Gasteiger partial charge < -0.3 is 14.8 Å². The molecule has 5 heteroatoms. The van der Waals surface area contributed by atoms with Crippen LogP contribution in [-0.2, 0) is 16.0 Å². The number of esters is 1. The summed E-state index contributed by atoms with van der Waals surface area (Å²) in [7, 11) is 1.54. The molecule has 2 aromatic carbocycles. The summed E-state index contributed by atoms with van der Waals surface area (Å²) >= 11 is 0. The van der Waals surface area contributed by atoms with Gasteiger partial charge in [-0.15, -0.1) is 0 Å². The van der Waals surface area contributed by atoms with Crippen molar-refractivity contribution < 1.29 is 19.1 Å². The van der Waals surface area contributed by atoms with Gasteiger partial charge in [-0.25, -0.2) is 4.79 Å². The predicted molar refractivity (Wildman–Crippen MR) is 92.5 cm³/mol. The lowest BCUT2D eigenvalue weighted by atomic mass is 10.1. The molecule has 0 aliphatic rings. The Morgan fingerprint density at radius 2 is 1.92 bits per heavy atom. The Morgan fingerprint density at radius 1 is 1.12 bits per heavy atom. The molecule has 0 fully saturated rings. The standard InChI is InChI=1S/C19H21NO4/c1-4-14-6-5-7-16(10-14)20-18(21)12-24-19(22)15-9-8-13(2)17(11-15)23-3/h5-11H,4,12H2,1-3H3,(H,20,21). The molecule has 0 atom stereocenters. The third kappa shape index (κ3) is 4.59. The largest absolute Gasteiger partial charge is 0.496 e. The van der Waals surface area contributed by atoms with Gasteiger partial charge in [0, 0.05) is 5.69 Å². The maximum absolute atomic E-state index is 12.0. The number of ether oxygens (including phenoxy) is 2. The minimum atomic E-state index is -0.564. The van der Waals surface area contributed by atoms with Gasteiger partial charge in [-0.05, 0) is 48.7 Å². The minimum Gasteiger partial charge on any atom is -0.496 e. The Morgan fingerprint density at radius 3 is 2.62 bits per heavy atom. The molecule has 0 bridgehead atoms. The van der Waals surface area contributed by atoms with Gasteiger partial charge in [0.1, 0.15) is 5.75 Å². The van der Waals surface area contributed by atoms with Gasteiger partial charge in [0.25, 0.3) is 5.91 Å². The van der Waals surface area contributed by atoms with Crippen molar-refractivity contribution in [2.75, 3.05) is 19.0 Å². The minimum absolute atomic E-state index is 0.342. The molecule has 0 saturated heterocycles. The molecular weight excluding hydrogens is 306 g/mol. The molecule has 0 aliphatic heterocycles. The molecule has 126 valence electrons. The van der Waals surface area contributed by atoms with Crippen molar-refractivity contribution in [1.82, 2.24) is 0 Å². The van der Waals surface area contributed by atoms with Crippen molar-refractivity contribution in [2.45, 2.75) is 20.3 Å². The number of benzene rings is 2. The fourth-order valence-electron chi connectivity index (χ4n) is 2.23. The van der Waals surface area contributed by atoms with E-state index in [4.69, 9.17) is 9.47 Å². The molecule has 0 spiro atoms. The van der Waals surface area contributed by atoms with Crippen LogP contribution in [0.5, 0.6) is 5.75 Å². The van der Waals surface area contributed by atoms with Crippen LogP contribution in [0.25, 0.3) is 0 Å². The average molecular weight is 327 g/mol.